The van der Waals surface area contributed by atoms with E-state index >= 15 is 0 Å². The molecule has 1 aliphatic rings. The summed E-state index contributed by atoms with van der Waals surface area (Å²) in [6, 6.07) is 4.85. The highest BCUT2D eigenvalue weighted by atomic mass is 19.4. The maximum atomic E-state index is 13.3. The number of hydrogen-bond acceptors (Lipinski definition) is 2. The topological polar surface area (TPSA) is 48.0 Å². The fourth-order valence-electron chi connectivity index (χ4n) is 3.03. The van der Waals surface area contributed by atoms with E-state index in [2.05, 4.69) is 0 Å². The van der Waals surface area contributed by atoms with Crippen molar-refractivity contribution in [3.05, 3.63) is 64.1 Å². The first-order valence-electron chi connectivity index (χ1n) is 7.68. The van der Waals surface area contributed by atoms with Gasteiger partial charge in [0.15, 0.2) is 0 Å². The van der Waals surface area contributed by atoms with Crippen LogP contribution in [0, 0.1) is 0 Å². The van der Waals surface area contributed by atoms with E-state index in [1.165, 1.54) is 16.7 Å². The lowest BCUT2D eigenvalue weighted by Crippen LogP contribution is -2.28. The van der Waals surface area contributed by atoms with Crippen LogP contribution in [-0.4, -0.2) is 4.57 Å². The average molecular weight is 334 g/mol. The summed E-state index contributed by atoms with van der Waals surface area (Å²) in [6.07, 6.45) is 2.22. The Kier molecular flexibility index (Phi) is 4.09. The first kappa shape index (κ1) is 16.5. The molecule has 1 heterocycles. The molecule has 0 unspecified atom stereocenters. The van der Waals surface area contributed by atoms with Gasteiger partial charge in [-0.1, -0.05) is 24.3 Å². The summed E-state index contributed by atoms with van der Waals surface area (Å²) in [5, 5.41) is -0.0600. The van der Waals surface area contributed by atoms with Crippen LogP contribution in [-0.2, 0) is 6.18 Å². The molecule has 0 fully saturated rings. The lowest BCUT2D eigenvalue weighted by atomic mass is 10.0. The molecule has 0 amide bonds. The molecule has 126 valence electrons. The van der Waals surface area contributed by atoms with Gasteiger partial charge in [-0.3, -0.25) is 9.36 Å². The Morgan fingerprint density at radius 3 is 2.62 bits per heavy atom. The molecule has 2 N–H and O–H groups in total. The van der Waals surface area contributed by atoms with Crippen LogP contribution in [0.1, 0.15) is 37.1 Å². The van der Waals surface area contributed by atoms with Crippen LogP contribution in [0.15, 0.2) is 47.3 Å². The van der Waals surface area contributed by atoms with E-state index in [9.17, 15) is 18.0 Å². The maximum Gasteiger partial charge on any atom is 0.417 e. The summed E-state index contributed by atoms with van der Waals surface area (Å²) >= 11 is 0. The molecule has 6 heteroatoms. The molecule has 0 aliphatic heterocycles. The first-order valence-corrected chi connectivity index (χ1v) is 7.68. The second-order valence-corrected chi connectivity index (χ2v) is 5.89. The normalized spacial score (nSPS) is 16.3. The van der Waals surface area contributed by atoms with Crippen LogP contribution in [0.25, 0.3) is 16.5 Å². The van der Waals surface area contributed by atoms with Gasteiger partial charge in [0.2, 0.25) is 0 Å². The van der Waals surface area contributed by atoms with Crippen LogP contribution in [0.3, 0.4) is 0 Å². The highest BCUT2D eigenvalue weighted by molar-refractivity contribution is 5.86. The van der Waals surface area contributed by atoms with Crippen molar-refractivity contribution >= 4 is 16.5 Å². The van der Waals surface area contributed by atoms with Gasteiger partial charge in [0.25, 0.3) is 5.56 Å². The van der Waals surface area contributed by atoms with Gasteiger partial charge in [0, 0.05) is 17.4 Å². The first-order chi connectivity index (χ1) is 11.3. The maximum absolute atomic E-state index is 13.3. The summed E-state index contributed by atoms with van der Waals surface area (Å²) in [7, 11) is 0. The quantitative estimate of drug-likeness (QED) is 0.893. The van der Waals surface area contributed by atoms with Crippen molar-refractivity contribution in [2.75, 3.05) is 0 Å². The number of nitrogens with zero attached hydrogens (tertiary/aromatic N) is 1. The fraction of sp³-hybridized carbons (Fsp3) is 0.278. The van der Waals surface area contributed by atoms with E-state index in [0.29, 0.717) is 17.8 Å². The third kappa shape index (κ3) is 2.78. The van der Waals surface area contributed by atoms with Gasteiger partial charge in [-0.2, -0.15) is 13.2 Å². The predicted octanol–water partition coefficient (Wildman–Crippen LogP) is 4.23. The van der Waals surface area contributed by atoms with Gasteiger partial charge in [-0.25, -0.2) is 0 Å². The van der Waals surface area contributed by atoms with Gasteiger partial charge < -0.3 is 5.73 Å². The van der Waals surface area contributed by atoms with Crippen molar-refractivity contribution in [3.63, 3.8) is 0 Å². The molecule has 1 aromatic carbocycles. The number of halogens is 3. The molecule has 3 rings (SSSR count). The molecule has 0 radical (unpaired) electrons. The Morgan fingerprint density at radius 1 is 1.29 bits per heavy atom. The molecule has 0 bridgehead atoms. The van der Waals surface area contributed by atoms with Crippen molar-refractivity contribution < 1.29 is 13.2 Å². The molecule has 3 nitrogen and oxygen atoms in total. The number of allylic oxidation sites excluding steroid dienone is 4. The average Bonchev–Trinajstić information content (AvgIpc) is 2.54. The third-order valence-corrected chi connectivity index (χ3v) is 4.13. The van der Waals surface area contributed by atoms with E-state index < -0.39 is 23.3 Å². The largest absolute Gasteiger partial charge is 0.417 e. The summed E-state index contributed by atoms with van der Waals surface area (Å²) in [6.45, 7) is 1.71. The standard InChI is InChI=1S/C18H17F3N2O/c1-11(22)15-10-12-6-5-9-14(18(19,20)21)16(12)17(24)23(15)13-7-3-2-4-8-13/h2-3,5-7,9-11H,4,8,22H2,1H3/t11-/m0/s1. The highest BCUT2D eigenvalue weighted by Crippen LogP contribution is 2.34. The molecule has 1 atom stereocenters. The Morgan fingerprint density at radius 2 is 2.04 bits per heavy atom. The summed E-state index contributed by atoms with van der Waals surface area (Å²) in [5.74, 6) is 0. The molecule has 0 saturated heterocycles. The molecule has 0 saturated carbocycles. The van der Waals surface area contributed by atoms with Crippen molar-refractivity contribution in [1.29, 1.82) is 0 Å². The summed E-state index contributed by atoms with van der Waals surface area (Å²) in [4.78, 5) is 13.0. The van der Waals surface area contributed by atoms with Gasteiger partial charge in [-0.05, 0) is 43.4 Å². The molecular formula is C18H17F3N2O. The summed E-state index contributed by atoms with van der Waals surface area (Å²) in [5.41, 5.74) is 5.56. The number of alkyl halides is 3. The van der Waals surface area contributed by atoms with E-state index in [1.807, 2.05) is 6.08 Å². The van der Waals surface area contributed by atoms with Crippen LogP contribution < -0.4 is 11.3 Å². The third-order valence-electron chi connectivity index (χ3n) is 4.13. The number of nitrogens with two attached hydrogens (primary N) is 1. The summed E-state index contributed by atoms with van der Waals surface area (Å²) < 4.78 is 41.3. The molecule has 2 aromatic rings. The molecule has 1 aliphatic carbocycles. The monoisotopic (exact) mass is 334 g/mol. The molecule has 24 heavy (non-hydrogen) atoms. The zero-order valence-electron chi connectivity index (χ0n) is 13.1. The van der Waals surface area contributed by atoms with E-state index in [-0.39, 0.29) is 10.8 Å². The molecule has 1 aromatic heterocycles. The zero-order valence-corrected chi connectivity index (χ0v) is 13.1. The Balaban J connectivity index is 2.43. The van der Waals surface area contributed by atoms with Crippen LogP contribution in [0.5, 0.6) is 0 Å². The molecular weight excluding hydrogens is 317 g/mol. The zero-order chi connectivity index (χ0) is 17.5. The number of aromatic nitrogens is 1. The van der Waals surface area contributed by atoms with Crippen LogP contribution in [0.4, 0.5) is 13.2 Å². The Labute approximate surface area is 136 Å². The van der Waals surface area contributed by atoms with Gasteiger partial charge >= 0.3 is 6.18 Å². The predicted molar refractivity (Wildman–Crippen MR) is 88.5 cm³/mol. The van der Waals surface area contributed by atoms with E-state index in [0.717, 1.165) is 12.5 Å². The van der Waals surface area contributed by atoms with Gasteiger partial charge in [-0.15, -0.1) is 0 Å². The highest BCUT2D eigenvalue weighted by Gasteiger charge is 2.34. The second-order valence-electron chi connectivity index (χ2n) is 5.89. The fourth-order valence-corrected chi connectivity index (χ4v) is 3.03. The number of fused-ring (bicyclic) bond motifs is 1. The number of benzene rings is 1. The van der Waals surface area contributed by atoms with Gasteiger partial charge in [0.1, 0.15) is 0 Å². The van der Waals surface area contributed by atoms with Crippen molar-refractivity contribution in [3.8, 4) is 0 Å². The smallest absolute Gasteiger partial charge is 0.323 e. The molecule has 0 spiro atoms. The lowest BCUT2D eigenvalue weighted by molar-refractivity contribution is -0.136. The second kappa shape index (κ2) is 5.94. The van der Waals surface area contributed by atoms with E-state index in [4.69, 9.17) is 5.73 Å². The Bertz CT molecular complexity index is 905. The van der Waals surface area contributed by atoms with Crippen molar-refractivity contribution in [2.24, 2.45) is 5.73 Å². The minimum Gasteiger partial charge on any atom is -0.323 e. The minimum absolute atomic E-state index is 0.255. The van der Waals surface area contributed by atoms with Crippen molar-refractivity contribution in [2.45, 2.75) is 32.0 Å². The van der Waals surface area contributed by atoms with Crippen LogP contribution in [0.2, 0.25) is 0 Å². The number of hydrogen-bond donors (Lipinski definition) is 1. The SMILES string of the molecule is C[C@H](N)c1cc2cccc(C(F)(F)F)c2c(=O)n1C1=CC=CCC1. The van der Waals surface area contributed by atoms with Crippen molar-refractivity contribution in [1.82, 2.24) is 4.57 Å². The number of rotatable bonds is 2. The van der Waals surface area contributed by atoms with E-state index in [1.54, 1.807) is 25.1 Å². The lowest BCUT2D eigenvalue weighted by Gasteiger charge is -2.21. The minimum atomic E-state index is -4.59. The Hall–Kier alpha value is -2.34. The number of pyridine rings is 1. The van der Waals surface area contributed by atoms with Crippen LogP contribution >= 0.6 is 0 Å². The van der Waals surface area contributed by atoms with Gasteiger partial charge in [0.05, 0.1) is 10.9 Å².